The summed E-state index contributed by atoms with van der Waals surface area (Å²) in [5.41, 5.74) is 4.59. The van der Waals surface area contributed by atoms with Crippen LogP contribution in [-0.4, -0.2) is 11.0 Å². The highest BCUT2D eigenvalue weighted by Crippen LogP contribution is 2.45. The molecule has 0 spiro atoms. The van der Waals surface area contributed by atoms with E-state index in [0.717, 1.165) is 18.5 Å². The Balaban J connectivity index is 0.000000595. The van der Waals surface area contributed by atoms with Crippen LogP contribution in [-0.2, 0) is 17.5 Å². The van der Waals surface area contributed by atoms with Gasteiger partial charge in [-0.2, -0.15) is 18.4 Å². The number of carbonyl (C=O) groups excluding carboxylic acids is 1. The van der Waals surface area contributed by atoms with E-state index in [-0.39, 0.29) is 17.4 Å². The van der Waals surface area contributed by atoms with E-state index in [1.807, 2.05) is 11.5 Å². The van der Waals surface area contributed by atoms with Gasteiger partial charge in [-0.25, -0.2) is 0 Å². The molecule has 122 valence electrons. The highest BCUT2D eigenvalue weighted by molar-refractivity contribution is 5.87. The van der Waals surface area contributed by atoms with Gasteiger partial charge in [-0.3, -0.25) is 4.79 Å². The topological polar surface area (TPSA) is 71.8 Å². The molecule has 1 aromatic heterocycles. The maximum absolute atomic E-state index is 13.3. The van der Waals surface area contributed by atoms with Crippen molar-refractivity contribution >= 4 is 17.3 Å². The first kappa shape index (κ1) is 16.9. The number of alkyl halides is 3. The van der Waals surface area contributed by atoms with E-state index in [9.17, 15) is 13.2 Å². The van der Waals surface area contributed by atoms with Crippen LogP contribution in [0.25, 0.3) is 10.9 Å². The molecule has 1 amide bonds. The molecule has 23 heavy (non-hydrogen) atoms. The second-order valence-electron chi connectivity index (χ2n) is 5.25. The van der Waals surface area contributed by atoms with Crippen LogP contribution >= 0.6 is 0 Å². The number of amides is 1. The van der Waals surface area contributed by atoms with Crippen LogP contribution in [0.2, 0.25) is 0 Å². The van der Waals surface area contributed by atoms with Crippen molar-refractivity contribution in [3.63, 3.8) is 0 Å². The first-order valence-corrected chi connectivity index (χ1v) is 7.17. The van der Waals surface area contributed by atoms with Gasteiger partial charge in [0.25, 0.3) is 0 Å². The lowest BCUT2D eigenvalue weighted by molar-refractivity contribution is -0.136. The van der Waals surface area contributed by atoms with Crippen molar-refractivity contribution < 1.29 is 18.0 Å². The molecule has 2 N–H and O–H groups in total. The standard InChI is InChI=1S/C15H13F3N2.CH3NO/c1-2-20-12-6-5-10(8-19)14(15(16,17)18)11(12)7-13(20)9-3-4-9;2-1-3/h5-7,9H,2-4H2,1H3;1H,(H2,2,3). The fourth-order valence-electron chi connectivity index (χ4n) is 2.82. The molecular formula is C16H16F3N3O. The SMILES string of the molecule is CCn1c(C2CC2)cc2c(C(F)(F)F)c(C#N)ccc21.NC=O. The van der Waals surface area contributed by atoms with Gasteiger partial charge in [-0.15, -0.1) is 0 Å². The molecule has 1 aromatic carbocycles. The number of primary amides is 1. The quantitative estimate of drug-likeness (QED) is 0.859. The molecule has 0 aliphatic heterocycles. The number of nitriles is 1. The Kier molecular flexibility index (Phi) is 4.64. The first-order valence-electron chi connectivity index (χ1n) is 7.17. The number of hydrogen-bond donors (Lipinski definition) is 1. The molecule has 3 rings (SSSR count). The van der Waals surface area contributed by atoms with Gasteiger partial charge in [0.05, 0.1) is 17.2 Å². The molecular weight excluding hydrogens is 307 g/mol. The highest BCUT2D eigenvalue weighted by Gasteiger charge is 2.37. The Bertz CT molecular complexity index is 767. The van der Waals surface area contributed by atoms with Crippen molar-refractivity contribution in [3.8, 4) is 6.07 Å². The van der Waals surface area contributed by atoms with Crippen LogP contribution < -0.4 is 5.73 Å². The van der Waals surface area contributed by atoms with Crippen molar-refractivity contribution in [2.24, 2.45) is 5.73 Å². The van der Waals surface area contributed by atoms with E-state index in [0.29, 0.717) is 18.0 Å². The Labute approximate surface area is 131 Å². The van der Waals surface area contributed by atoms with Crippen molar-refractivity contribution in [1.29, 1.82) is 5.26 Å². The maximum Gasteiger partial charge on any atom is 0.418 e. The predicted octanol–water partition coefficient (Wildman–Crippen LogP) is 3.53. The van der Waals surface area contributed by atoms with Crippen molar-refractivity contribution in [2.75, 3.05) is 0 Å². The van der Waals surface area contributed by atoms with Gasteiger partial charge in [-0.05, 0) is 43.9 Å². The van der Waals surface area contributed by atoms with Gasteiger partial charge in [0.2, 0.25) is 6.41 Å². The molecule has 1 aliphatic carbocycles. The number of nitrogens with two attached hydrogens (primary N) is 1. The molecule has 0 unspecified atom stereocenters. The zero-order valence-electron chi connectivity index (χ0n) is 12.5. The summed E-state index contributed by atoms with van der Waals surface area (Å²) in [6, 6.07) is 6.18. The second-order valence-corrected chi connectivity index (χ2v) is 5.25. The molecule has 2 aromatic rings. The number of aromatic nitrogens is 1. The monoisotopic (exact) mass is 323 g/mol. The molecule has 0 atom stereocenters. The average molecular weight is 323 g/mol. The minimum atomic E-state index is -4.51. The molecule has 1 saturated carbocycles. The minimum absolute atomic E-state index is 0.153. The largest absolute Gasteiger partial charge is 0.418 e. The minimum Gasteiger partial charge on any atom is -0.372 e. The van der Waals surface area contributed by atoms with Crippen molar-refractivity contribution in [3.05, 3.63) is 35.0 Å². The summed E-state index contributed by atoms with van der Waals surface area (Å²) >= 11 is 0. The molecule has 1 heterocycles. The smallest absolute Gasteiger partial charge is 0.372 e. The zero-order valence-corrected chi connectivity index (χ0v) is 12.5. The number of benzene rings is 1. The first-order chi connectivity index (χ1) is 10.9. The molecule has 4 nitrogen and oxygen atoms in total. The number of hydrogen-bond acceptors (Lipinski definition) is 2. The van der Waals surface area contributed by atoms with E-state index in [2.05, 4.69) is 5.73 Å². The lowest BCUT2D eigenvalue weighted by atomic mass is 10.0. The van der Waals surface area contributed by atoms with E-state index in [1.165, 1.54) is 6.07 Å². The van der Waals surface area contributed by atoms with Gasteiger partial charge in [0.15, 0.2) is 0 Å². The van der Waals surface area contributed by atoms with Gasteiger partial charge < -0.3 is 10.3 Å². The van der Waals surface area contributed by atoms with E-state index < -0.39 is 11.7 Å². The van der Waals surface area contributed by atoms with Gasteiger partial charge >= 0.3 is 6.18 Å². The van der Waals surface area contributed by atoms with Crippen molar-refractivity contribution in [1.82, 2.24) is 4.57 Å². The summed E-state index contributed by atoms with van der Waals surface area (Å²) < 4.78 is 41.7. The molecule has 1 fully saturated rings. The summed E-state index contributed by atoms with van der Waals surface area (Å²) in [7, 11) is 0. The Morgan fingerprint density at radius 1 is 1.43 bits per heavy atom. The maximum atomic E-state index is 13.3. The number of carbonyl (C=O) groups is 1. The third-order valence-corrected chi connectivity index (χ3v) is 3.83. The number of nitrogens with zero attached hydrogens (tertiary/aromatic N) is 2. The summed E-state index contributed by atoms with van der Waals surface area (Å²) in [5.74, 6) is 0.369. The fraction of sp³-hybridized carbons (Fsp3) is 0.375. The van der Waals surface area contributed by atoms with Crippen LogP contribution in [0.5, 0.6) is 0 Å². The van der Waals surface area contributed by atoms with Crippen LogP contribution in [0.15, 0.2) is 18.2 Å². The second kappa shape index (κ2) is 6.32. The number of halogens is 3. The van der Waals surface area contributed by atoms with Gasteiger partial charge in [0.1, 0.15) is 0 Å². The summed E-state index contributed by atoms with van der Waals surface area (Å²) in [6.07, 6.45) is -2.20. The summed E-state index contributed by atoms with van der Waals surface area (Å²) in [6.45, 7) is 2.56. The molecule has 0 saturated heterocycles. The van der Waals surface area contributed by atoms with Crippen LogP contribution in [0.3, 0.4) is 0 Å². The normalized spacial score (nSPS) is 14.0. The number of aryl methyl sites for hydroxylation is 1. The van der Waals surface area contributed by atoms with Crippen LogP contribution in [0.4, 0.5) is 13.2 Å². The number of rotatable bonds is 2. The molecule has 0 radical (unpaired) electrons. The fourth-order valence-corrected chi connectivity index (χ4v) is 2.82. The number of fused-ring (bicyclic) bond motifs is 1. The predicted molar refractivity (Wildman–Crippen MR) is 79.6 cm³/mol. The third-order valence-electron chi connectivity index (χ3n) is 3.83. The molecule has 7 heteroatoms. The van der Waals surface area contributed by atoms with Gasteiger partial charge in [0, 0.05) is 23.1 Å². The zero-order chi connectivity index (χ0) is 17.2. The highest BCUT2D eigenvalue weighted by atomic mass is 19.4. The molecule has 1 aliphatic rings. The lowest BCUT2D eigenvalue weighted by Crippen LogP contribution is -2.08. The van der Waals surface area contributed by atoms with Gasteiger partial charge in [-0.1, -0.05) is 0 Å². The summed E-state index contributed by atoms with van der Waals surface area (Å²) in [4.78, 5) is 8.58. The summed E-state index contributed by atoms with van der Waals surface area (Å²) in [5, 5.41) is 9.09. The van der Waals surface area contributed by atoms with Crippen LogP contribution in [0.1, 0.15) is 42.5 Å². The lowest BCUT2D eigenvalue weighted by Gasteiger charge is -2.11. The Morgan fingerprint density at radius 3 is 2.48 bits per heavy atom. The third kappa shape index (κ3) is 3.16. The Morgan fingerprint density at radius 2 is 2.04 bits per heavy atom. The van der Waals surface area contributed by atoms with Crippen molar-refractivity contribution in [2.45, 2.75) is 38.4 Å². The van der Waals surface area contributed by atoms with Crippen LogP contribution in [0, 0.1) is 11.3 Å². The van der Waals surface area contributed by atoms with E-state index in [1.54, 1.807) is 18.2 Å². The Hall–Kier alpha value is -2.49. The average Bonchev–Trinajstić information content (AvgIpc) is 3.26. The molecule has 0 bridgehead atoms. The van der Waals surface area contributed by atoms with E-state index in [4.69, 9.17) is 10.1 Å². The van der Waals surface area contributed by atoms with E-state index >= 15 is 0 Å².